The van der Waals surface area contributed by atoms with E-state index < -0.39 is 6.10 Å². The van der Waals surface area contributed by atoms with Crippen molar-refractivity contribution in [1.82, 2.24) is 0 Å². The Morgan fingerprint density at radius 2 is 1.95 bits per heavy atom. The molecule has 1 N–H and O–H groups in total. The van der Waals surface area contributed by atoms with E-state index in [9.17, 15) is 5.11 Å². The number of fused-ring (bicyclic) bond motifs is 1. The third-order valence-corrected chi connectivity index (χ3v) is 3.20. The van der Waals surface area contributed by atoms with Gasteiger partial charge in [-0.25, -0.2) is 0 Å². The molecule has 2 rings (SSSR count). The van der Waals surface area contributed by atoms with Gasteiger partial charge in [0.25, 0.3) is 0 Å². The highest BCUT2D eigenvalue weighted by Gasteiger charge is 2.00. The lowest BCUT2D eigenvalue weighted by Gasteiger charge is -2.08. The molecular formula is C18H22O3. The Labute approximate surface area is 125 Å². The van der Waals surface area contributed by atoms with Crippen molar-refractivity contribution in [3.8, 4) is 0 Å². The second-order valence-electron chi connectivity index (χ2n) is 4.87. The molecule has 3 heteroatoms. The Morgan fingerprint density at radius 1 is 1.14 bits per heavy atom. The summed E-state index contributed by atoms with van der Waals surface area (Å²) >= 11 is 0. The molecule has 0 radical (unpaired) electrons. The van der Waals surface area contributed by atoms with Gasteiger partial charge in [-0.1, -0.05) is 36.4 Å². The Morgan fingerprint density at radius 3 is 2.76 bits per heavy atom. The molecule has 0 spiro atoms. The number of ether oxygens (including phenoxy) is 2. The second-order valence-corrected chi connectivity index (χ2v) is 4.87. The van der Waals surface area contributed by atoms with Crippen LogP contribution in [0.1, 0.15) is 18.9 Å². The highest BCUT2D eigenvalue weighted by Crippen LogP contribution is 2.16. The minimum absolute atomic E-state index is 0.518. The fourth-order valence-electron chi connectivity index (χ4n) is 2.06. The molecule has 0 amide bonds. The zero-order valence-corrected chi connectivity index (χ0v) is 12.4. The highest BCUT2D eigenvalue weighted by molar-refractivity contribution is 5.82. The fraction of sp³-hybridized carbons (Fsp3) is 0.333. The summed E-state index contributed by atoms with van der Waals surface area (Å²) in [6.07, 6.45) is 3.22. The third-order valence-electron chi connectivity index (χ3n) is 3.20. The second kappa shape index (κ2) is 8.45. The number of benzene rings is 2. The summed E-state index contributed by atoms with van der Waals surface area (Å²) in [6, 6.07) is 14.6. The molecule has 0 aliphatic rings. The molecule has 1 atom stereocenters. The van der Waals surface area contributed by atoms with E-state index in [2.05, 4.69) is 30.3 Å². The smallest absolute Gasteiger partial charge is 0.0845 e. The number of aliphatic hydroxyl groups excluding tert-OH is 1. The summed E-state index contributed by atoms with van der Waals surface area (Å²) in [5, 5.41) is 12.1. The molecule has 0 aromatic heterocycles. The van der Waals surface area contributed by atoms with Crippen LogP contribution in [0, 0.1) is 0 Å². The van der Waals surface area contributed by atoms with Gasteiger partial charge in [-0.2, -0.15) is 0 Å². The van der Waals surface area contributed by atoms with E-state index in [0.717, 1.165) is 5.56 Å². The van der Waals surface area contributed by atoms with Gasteiger partial charge in [-0.3, -0.25) is 0 Å². The molecule has 21 heavy (non-hydrogen) atoms. The summed E-state index contributed by atoms with van der Waals surface area (Å²) < 4.78 is 10.7. The van der Waals surface area contributed by atoms with Gasteiger partial charge in [0, 0.05) is 13.0 Å². The Balaban J connectivity index is 1.75. The number of aliphatic hydroxyl groups is 1. The first kappa shape index (κ1) is 15.5. The maximum absolute atomic E-state index is 9.67. The van der Waals surface area contributed by atoms with E-state index in [0.29, 0.717) is 26.2 Å². The minimum atomic E-state index is -0.520. The minimum Gasteiger partial charge on any atom is -0.502 e. The predicted octanol–water partition coefficient (Wildman–Crippen LogP) is 3.66. The van der Waals surface area contributed by atoms with E-state index in [1.807, 2.05) is 19.1 Å². The average Bonchev–Trinajstić information content (AvgIpc) is 2.52. The van der Waals surface area contributed by atoms with Crippen molar-refractivity contribution in [2.45, 2.75) is 26.1 Å². The molecule has 0 bridgehead atoms. The molecule has 2 aromatic carbocycles. The molecule has 112 valence electrons. The van der Waals surface area contributed by atoms with E-state index in [-0.39, 0.29) is 0 Å². The van der Waals surface area contributed by atoms with Crippen molar-refractivity contribution in [2.24, 2.45) is 0 Å². The van der Waals surface area contributed by atoms with E-state index >= 15 is 0 Å². The van der Waals surface area contributed by atoms with Crippen molar-refractivity contribution in [3.05, 3.63) is 60.4 Å². The summed E-state index contributed by atoms with van der Waals surface area (Å²) in [7, 11) is 0. The van der Waals surface area contributed by atoms with Crippen LogP contribution in [0.25, 0.3) is 10.8 Å². The van der Waals surface area contributed by atoms with Crippen LogP contribution in [-0.2, 0) is 16.1 Å². The van der Waals surface area contributed by atoms with Crippen LogP contribution < -0.4 is 0 Å². The highest BCUT2D eigenvalue weighted by atomic mass is 16.5. The molecule has 0 heterocycles. The van der Waals surface area contributed by atoms with Crippen LogP contribution in [-0.4, -0.2) is 24.4 Å². The van der Waals surface area contributed by atoms with Gasteiger partial charge in [0.05, 0.1) is 25.6 Å². The standard InChI is InChI=1S/C18H22O3/c1-2-20-11-9-18(19)10-12-21-14-15-7-8-16-5-3-4-6-17(16)13-15/h3-9,11,13,18-19H,2,10,12,14H2,1H3/b11-9+/t18-/m0/s1. The van der Waals surface area contributed by atoms with Gasteiger partial charge in [0.2, 0.25) is 0 Å². The van der Waals surface area contributed by atoms with Crippen LogP contribution in [0.5, 0.6) is 0 Å². The average molecular weight is 286 g/mol. The molecule has 2 aromatic rings. The normalized spacial score (nSPS) is 12.9. The number of rotatable bonds is 8. The van der Waals surface area contributed by atoms with Crippen LogP contribution in [0.3, 0.4) is 0 Å². The lowest BCUT2D eigenvalue weighted by molar-refractivity contribution is 0.0874. The largest absolute Gasteiger partial charge is 0.502 e. The topological polar surface area (TPSA) is 38.7 Å². The lowest BCUT2D eigenvalue weighted by atomic mass is 10.1. The fourth-order valence-corrected chi connectivity index (χ4v) is 2.06. The van der Waals surface area contributed by atoms with Gasteiger partial charge in [0.15, 0.2) is 0 Å². The van der Waals surface area contributed by atoms with Crippen molar-refractivity contribution in [3.63, 3.8) is 0 Å². The molecule has 0 aliphatic carbocycles. The molecular weight excluding hydrogens is 264 g/mol. The number of hydrogen-bond acceptors (Lipinski definition) is 3. The van der Waals surface area contributed by atoms with Crippen molar-refractivity contribution in [2.75, 3.05) is 13.2 Å². The van der Waals surface area contributed by atoms with Gasteiger partial charge in [-0.05, 0) is 35.4 Å². The first-order valence-electron chi connectivity index (χ1n) is 7.31. The monoisotopic (exact) mass is 286 g/mol. The first-order chi connectivity index (χ1) is 10.3. The number of hydrogen-bond donors (Lipinski definition) is 1. The predicted molar refractivity (Wildman–Crippen MR) is 85.0 cm³/mol. The Kier molecular flexibility index (Phi) is 6.25. The third kappa shape index (κ3) is 5.21. The van der Waals surface area contributed by atoms with Crippen LogP contribution in [0.4, 0.5) is 0 Å². The van der Waals surface area contributed by atoms with Crippen molar-refractivity contribution >= 4 is 10.8 Å². The maximum Gasteiger partial charge on any atom is 0.0845 e. The van der Waals surface area contributed by atoms with Gasteiger partial charge in [0.1, 0.15) is 0 Å². The Bertz CT molecular complexity index is 577. The Hall–Kier alpha value is -1.84. The van der Waals surface area contributed by atoms with Gasteiger partial charge in [-0.15, -0.1) is 0 Å². The molecule has 0 saturated carbocycles. The zero-order valence-electron chi connectivity index (χ0n) is 12.4. The summed E-state index contributed by atoms with van der Waals surface area (Å²) in [4.78, 5) is 0. The van der Waals surface area contributed by atoms with E-state index in [4.69, 9.17) is 9.47 Å². The van der Waals surface area contributed by atoms with E-state index in [1.165, 1.54) is 17.0 Å². The summed E-state index contributed by atoms with van der Waals surface area (Å²) in [5.74, 6) is 0. The van der Waals surface area contributed by atoms with E-state index in [1.54, 1.807) is 6.08 Å². The molecule has 0 saturated heterocycles. The summed E-state index contributed by atoms with van der Waals surface area (Å²) in [6.45, 7) is 3.60. The van der Waals surface area contributed by atoms with Crippen LogP contribution >= 0.6 is 0 Å². The molecule has 0 aliphatic heterocycles. The van der Waals surface area contributed by atoms with Gasteiger partial charge < -0.3 is 14.6 Å². The van der Waals surface area contributed by atoms with Crippen molar-refractivity contribution in [1.29, 1.82) is 0 Å². The van der Waals surface area contributed by atoms with Crippen molar-refractivity contribution < 1.29 is 14.6 Å². The maximum atomic E-state index is 9.67. The lowest BCUT2D eigenvalue weighted by Crippen LogP contribution is -2.07. The summed E-state index contributed by atoms with van der Waals surface area (Å²) in [5.41, 5.74) is 1.15. The molecule has 0 fully saturated rings. The quantitative estimate of drug-likeness (QED) is 0.594. The van der Waals surface area contributed by atoms with Crippen LogP contribution in [0.2, 0.25) is 0 Å². The zero-order chi connectivity index (χ0) is 14.9. The van der Waals surface area contributed by atoms with Gasteiger partial charge >= 0.3 is 0 Å². The SMILES string of the molecule is CCO/C=C/[C@H](O)CCOCc1ccc2ccccc2c1. The first-order valence-corrected chi connectivity index (χ1v) is 7.31. The molecule has 3 nitrogen and oxygen atoms in total. The van der Waals surface area contributed by atoms with Crippen LogP contribution in [0.15, 0.2) is 54.8 Å². The molecule has 0 unspecified atom stereocenters.